The number of thiophene rings is 1. The van der Waals surface area contributed by atoms with Crippen LogP contribution < -0.4 is 17.0 Å². The van der Waals surface area contributed by atoms with Gasteiger partial charge in [-0.15, -0.1) is 11.3 Å². The highest BCUT2D eigenvalue weighted by atomic mass is 32.1. The number of nitro benzene ring substituents is 1. The van der Waals surface area contributed by atoms with Crippen molar-refractivity contribution < 1.29 is 14.5 Å². The van der Waals surface area contributed by atoms with Crippen molar-refractivity contribution >= 4 is 39.1 Å². The maximum atomic E-state index is 13.2. The summed E-state index contributed by atoms with van der Waals surface area (Å²) in [6.45, 7) is 3.07. The van der Waals surface area contributed by atoms with E-state index in [2.05, 4.69) is 4.98 Å². The molecule has 0 saturated heterocycles. The summed E-state index contributed by atoms with van der Waals surface area (Å²) >= 11 is 1.00. The molecule has 0 aliphatic rings. The number of fused-ring (bicyclic) bond motifs is 1. The Labute approximate surface area is 167 Å². The van der Waals surface area contributed by atoms with E-state index >= 15 is 0 Å². The number of carbonyl (C=O) groups is 2. The Balaban J connectivity index is 2.22. The summed E-state index contributed by atoms with van der Waals surface area (Å²) in [5, 5.41) is 11.0. The molecule has 2 amide bonds. The molecule has 0 radical (unpaired) electrons. The fraction of sp³-hybridized carbons (Fsp3) is 0.222. The Morgan fingerprint density at radius 1 is 1.28 bits per heavy atom. The number of primary amides is 2. The number of amides is 2. The molecule has 10 nitrogen and oxygen atoms in total. The molecule has 2 heterocycles. The fourth-order valence-corrected chi connectivity index (χ4v) is 4.08. The van der Waals surface area contributed by atoms with Crippen LogP contribution in [0.2, 0.25) is 0 Å². The number of aromatic nitrogens is 2. The van der Waals surface area contributed by atoms with Gasteiger partial charge < -0.3 is 11.5 Å². The largest absolute Gasteiger partial charge is 0.368 e. The number of non-ortho nitro benzene ring substituents is 1. The second kappa shape index (κ2) is 7.43. The predicted octanol–water partition coefficient (Wildman–Crippen LogP) is 1.41. The van der Waals surface area contributed by atoms with E-state index in [-0.39, 0.29) is 28.2 Å². The van der Waals surface area contributed by atoms with Gasteiger partial charge in [-0.3, -0.25) is 29.1 Å². The number of hydrogen-bond acceptors (Lipinski definition) is 7. The van der Waals surface area contributed by atoms with Crippen LogP contribution in [0.1, 0.15) is 39.6 Å². The minimum atomic E-state index is -0.983. The lowest BCUT2D eigenvalue weighted by Crippen LogP contribution is -2.35. The van der Waals surface area contributed by atoms with E-state index in [4.69, 9.17) is 11.5 Å². The van der Waals surface area contributed by atoms with E-state index in [0.717, 1.165) is 11.3 Å². The molecule has 3 aromatic rings. The van der Waals surface area contributed by atoms with Crippen LogP contribution in [0, 0.1) is 17.0 Å². The van der Waals surface area contributed by atoms with E-state index in [0.29, 0.717) is 16.0 Å². The highest BCUT2D eigenvalue weighted by Crippen LogP contribution is 2.28. The molecule has 1 aromatic carbocycles. The van der Waals surface area contributed by atoms with E-state index in [1.165, 1.54) is 23.6 Å². The highest BCUT2D eigenvalue weighted by Gasteiger charge is 2.24. The summed E-state index contributed by atoms with van der Waals surface area (Å²) in [4.78, 5) is 52.0. The van der Waals surface area contributed by atoms with Crippen molar-refractivity contribution in [2.75, 3.05) is 0 Å². The molecule has 2 aromatic heterocycles. The smallest absolute Gasteiger partial charge is 0.269 e. The first-order valence-electron chi connectivity index (χ1n) is 8.48. The number of carbonyl (C=O) groups excluding carboxylic acids is 2. The average molecular weight is 415 g/mol. The third-order valence-corrected chi connectivity index (χ3v) is 5.80. The lowest BCUT2D eigenvalue weighted by molar-refractivity contribution is -0.384. The Hall–Kier alpha value is -3.60. The van der Waals surface area contributed by atoms with Gasteiger partial charge in [0.25, 0.3) is 17.2 Å². The lowest BCUT2D eigenvalue weighted by atomic mass is 10.1. The predicted molar refractivity (Wildman–Crippen MR) is 107 cm³/mol. The van der Waals surface area contributed by atoms with Crippen LogP contribution in [0.5, 0.6) is 0 Å². The van der Waals surface area contributed by atoms with Gasteiger partial charge in [-0.25, -0.2) is 4.98 Å². The monoisotopic (exact) mass is 415 g/mol. The summed E-state index contributed by atoms with van der Waals surface area (Å²) < 4.78 is 1.19. The molecule has 0 spiro atoms. The van der Waals surface area contributed by atoms with Crippen LogP contribution in [0.4, 0.5) is 5.69 Å². The normalized spacial score (nSPS) is 12.1. The van der Waals surface area contributed by atoms with E-state index in [9.17, 15) is 24.5 Å². The molecule has 3 rings (SSSR count). The van der Waals surface area contributed by atoms with Crippen LogP contribution in [-0.2, 0) is 11.2 Å². The number of nitro groups is 1. The Bertz CT molecular complexity index is 1210. The maximum absolute atomic E-state index is 13.2. The van der Waals surface area contributed by atoms with Crippen molar-refractivity contribution in [3.05, 3.63) is 66.6 Å². The molecule has 150 valence electrons. The molecular weight excluding hydrogens is 398 g/mol. The lowest BCUT2D eigenvalue weighted by Gasteiger charge is -2.17. The Morgan fingerprint density at radius 3 is 2.41 bits per heavy atom. The summed E-state index contributed by atoms with van der Waals surface area (Å²) in [6.07, 6.45) is 0.129. The van der Waals surface area contributed by atoms with E-state index in [1.807, 2.05) is 0 Å². The number of nitrogens with two attached hydrogens (primary N) is 2. The summed E-state index contributed by atoms with van der Waals surface area (Å²) in [5.41, 5.74) is 11.3. The molecule has 1 atom stereocenters. The summed E-state index contributed by atoms with van der Waals surface area (Å²) in [7, 11) is 0. The first-order valence-corrected chi connectivity index (χ1v) is 9.30. The molecule has 0 saturated carbocycles. The minimum Gasteiger partial charge on any atom is -0.368 e. The average Bonchev–Trinajstić information content (AvgIpc) is 2.98. The van der Waals surface area contributed by atoms with Gasteiger partial charge in [-0.05, 0) is 25.0 Å². The van der Waals surface area contributed by atoms with Gasteiger partial charge in [0.1, 0.15) is 16.7 Å². The van der Waals surface area contributed by atoms with Crippen molar-refractivity contribution in [1.29, 1.82) is 0 Å². The van der Waals surface area contributed by atoms with Crippen molar-refractivity contribution in [1.82, 2.24) is 9.55 Å². The number of nitrogens with zero attached hydrogens (tertiary/aromatic N) is 3. The minimum absolute atomic E-state index is 0.0694. The second-order valence-electron chi connectivity index (χ2n) is 6.48. The SMILES string of the molecule is Cc1c(C(N)=O)sc2nc(Cc3ccc([N+](=O)[O-])cc3)n(C(C)C(N)=O)c(=O)c12. The second-order valence-corrected chi connectivity index (χ2v) is 7.48. The molecule has 0 fully saturated rings. The van der Waals surface area contributed by atoms with Crippen LogP contribution >= 0.6 is 11.3 Å². The van der Waals surface area contributed by atoms with Crippen molar-refractivity contribution in [3.63, 3.8) is 0 Å². The van der Waals surface area contributed by atoms with Crippen molar-refractivity contribution in [2.24, 2.45) is 11.5 Å². The quantitative estimate of drug-likeness (QED) is 0.456. The molecule has 0 aliphatic carbocycles. The van der Waals surface area contributed by atoms with Gasteiger partial charge in [0, 0.05) is 18.6 Å². The van der Waals surface area contributed by atoms with Crippen molar-refractivity contribution in [3.8, 4) is 0 Å². The van der Waals surface area contributed by atoms with Crippen LogP contribution in [0.15, 0.2) is 29.1 Å². The van der Waals surface area contributed by atoms with Crippen LogP contribution in [-0.4, -0.2) is 26.3 Å². The van der Waals surface area contributed by atoms with Gasteiger partial charge in [0.15, 0.2) is 0 Å². The highest BCUT2D eigenvalue weighted by molar-refractivity contribution is 7.20. The summed E-state index contributed by atoms with van der Waals surface area (Å²) in [5.74, 6) is -1.14. The van der Waals surface area contributed by atoms with E-state index in [1.54, 1.807) is 19.1 Å². The fourth-order valence-electron chi connectivity index (χ4n) is 3.04. The number of aryl methyl sites for hydroxylation is 1. The van der Waals surface area contributed by atoms with Crippen LogP contribution in [0.3, 0.4) is 0 Å². The van der Waals surface area contributed by atoms with Crippen molar-refractivity contribution in [2.45, 2.75) is 26.3 Å². The Morgan fingerprint density at radius 2 is 1.90 bits per heavy atom. The zero-order valence-corrected chi connectivity index (χ0v) is 16.4. The first-order chi connectivity index (χ1) is 13.6. The van der Waals surface area contributed by atoms with Gasteiger partial charge in [0.2, 0.25) is 5.91 Å². The standard InChI is InChI=1S/C18H17N5O5S/c1-8-13-17(29-14(8)16(20)25)21-12(22(18(13)26)9(2)15(19)24)7-10-3-5-11(6-4-10)23(27)28/h3-6,9H,7H2,1-2H3,(H2,19,24)(H2,20,25). The molecule has 4 N–H and O–H groups in total. The zero-order valence-electron chi connectivity index (χ0n) is 15.5. The third kappa shape index (κ3) is 3.59. The van der Waals surface area contributed by atoms with Gasteiger partial charge in [0.05, 0.1) is 15.2 Å². The molecule has 11 heteroatoms. The molecule has 0 bridgehead atoms. The topological polar surface area (TPSA) is 164 Å². The number of hydrogen-bond donors (Lipinski definition) is 2. The third-order valence-electron chi connectivity index (χ3n) is 4.60. The first kappa shape index (κ1) is 20.1. The molecule has 0 aliphatic heterocycles. The van der Waals surface area contributed by atoms with E-state index < -0.39 is 28.3 Å². The molecule has 1 unspecified atom stereocenters. The number of benzene rings is 1. The van der Waals surface area contributed by atoms with Crippen LogP contribution in [0.25, 0.3) is 10.2 Å². The van der Waals surface area contributed by atoms with Gasteiger partial charge in [-0.2, -0.15) is 0 Å². The zero-order chi connectivity index (χ0) is 21.5. The summed E-state index contributed by atoms with van der Waals surface area (Å²) in [6, 6.07) is 4.79. The Kier molecular flexibility index (Phi) is 5.16. The van der Waals surface area contributed by atoms with Gasteiger partial charge >= 0.3 is 0 Å². The maximum Gasteiger partial charge on any atom is 0.269 e. The van der Waals surface area contributed by atoms with Gasteiger partial charge in [-0.1, -0.05) is 12.1 Å². The molecular formula is C18H17N5O5S. The molecule has 29 heavy (non-hydrogen) atoms. The number of rotatable bonds is 6.